The van der Waals surface area contributed by atoms with E-state index in [1.54, 1.807) is 0 Å². The van der Waals surface area contributed by atoms with Gasteiger partial charge >= 0.3 is 0 Å². The molecule has 170 valence electrons. The highest BCUT2D eigenvalue weighted by Gasteiger charge is 2.51. The van der Waals surface area contributed by atoms with E-state index in [9.17, 15) is 22.0 Å². The standard InChI is InChI=1S/C22H26ClF2NO4S/c23-18-19(25)16(21(27)26-31(28,29)15-2-1-3-15)7-17(24)20(18)30-11-22-8-12-4-13(9-22)6-14(5-12)10-22/h7,12-15H,1-6,8-11H2,(H,26,27). The molecule has 5 saturated carbocycles. The highest BCUT2D eigenvalue weighted by molar-refractivity contribution is 7.90. The van der Waals surface area contributed by atoms with Gasteiger partial charge in [-0.25, -0.2) is 21.9 Å². The van der Waals surface area contributed by atoms with Crippen molar-refractivity contribution >= 4 is 27.5 Å². The van der Waals surface area contributed by atoms with E-state index >= 15 is 0 Å². The molecule has 1 N–H and O–H groups in total. The third kappa shape index (κ3) is 3.84. The molecule has 1 amide bonds. The van der Waals surface area contributed by atoms with Crippen LogP contribution in [0.1, 0.15) is 68.1 Å². The fraction of sp³-hybridized carbons (Fsp3) is 0.682. The fourth-order valence-electron chi connectivity index (χ4n) is 6.52. The Kier molecular flexibility index (Phi) is 5.24. The van der Waals surface area contributed by atoms with Crippen LogP contribution in [0.4, 0.5) is 8.78 Å². The Bertz CT molecular complexity index is 990. The summed E-state index contributed by atoms with van der Waals surface area (Å²) >= 11 is 6.04. The Morgan fingerprint density at radius 1 is 1.13 bits per heavy atom. The summed E-state index contributed by atoms with van der Waals surface area (Å²) in [6.07, 6.45) is 8.55. The number of ether oxygens (including phenoxy) is 1. The molecular formula is C22H26ClF2NO4S. The van der Waals surface area contributed by atoms with E-state index < -0.39 is 49.2 Å². The van der Waals surface area contributed by atoms with Gasteiger partial charge in [-0.2, -0.15) is 0 Å². The van der Waals surface area contributed by atoms with Gasteiger partial charge in [0.2, 0.25) is 10.0 Å². The lowest BCUT2D eigenvalue weighted by Gasteiger charge is -2.56. The maximum Gasteiger partial charge on any atom is 0.267 e. The molecule has 5 aliphatic rings. The molecule has 0 spiro atoms. The summed E-state index contributed by atoms with van der Waals surface area (Å²) in [5.74, 6) is -1.71. The first-order valence-corrected chi connectivity index (χ1v) is 12.9. The van der Waals surface area contributed by atoms with Gasteiger partial charge in [0, 0.05) is 5.41 Å². The van der Waals surface area contributed by atoms with Gasteiger partial charge in [-0.3, -0.25) is 4.79 Å². The van der Waals surface area contributed by atoms with Crippen LogP contribution in [-0.2, 0) is 10.0 Å². The van der Waals surface area contributed by atoms with Crippen LogP contribution in [0.2, 0.25) is 5.02 Å². The van der Waals surface area contributed by atoms with Crippen LogP contribution in [-0.4, -0.2) is 26.2 Å². The van der Waals surface area contributed by atoms with E-state index in [-0.39, 0.29) is 12.0 Å². The molecule has 31 heavy (non-hydrogen) atoms. The van der Waals surface area contributed by atoms with E-state index in [4.69, 9.17) is 16.3 Å². The van der Waals surface area contributed by atoms with Crippen LogP contribution in [0.5, 0.6) is 5.75 Å². The lowest BCUT2D eigenvalue weighted by atomic mass is 9.50. The minimum atomic E-state index is -3.92. The number of benzene rings is 1. The Labute approximate surface area is 185 Å². The molecular weight excluding hydrogens is 448 g/mol. The summed E-state index contributed by atoms with van der Waals surface area (Å²) in [5.41, 5.74) is -0.763. The van der Waals surface area contributed by atoms with Crippen LogP contribution in [0.3, 0.4) is 0 Å². The second-order valence-corrected chi connectivity index (χ2v) is 12.4. The average molecular weight is 474 g/mol. The van der Waals surface area contributed by atoms with Gasteiger partial charge in [-0.1, -0.05) is 18.0 Å². The predicted octanol–water partition coefficient (Wildman–Crippen LogP) is 4.83. The number of sulfonamides is 1. The zero-order valence-corrected chi connectivity index (χ0v) is 18.7. The van der Waals surface area contributed by atoms with Crippen molar-refractivity contribution in [1.82, 2.24) is 4.72 Å². The zero-order chi connectivity index (χ0) is 22.0. The third-order valence-corrected chi connectivity index (χ3v) is 9.93. The van der Waals surface area contributed by atoms with E-state index in [0.717, 1.165) is 25.7 Å². The van der Waals surface area contributed by atoms with Gasteiger partial charge in [-0.05, 0) is 75.2 Å². The van der Waals surface area contributed by atoms with Gasteiger partial charge in [0.1, 0.15) is 5.02 Å². The molecule has 1 aromatic rings. The molecule has 0 saturated heterocycles. The average Bonchev–Trinajstić information content (AvgIpc) is 2.61. The molecule has 0 radical (unpaired) electrons. The van der Waals surface area contributed by atoms with Crippen LogP contribution in [0.25, 0.3) is 0 Å². The minimum Gasteiger partial charge on any atom is -0.488 e. The van der Waals surface area contributed by atoms with Gasteiger partial charge in [0.25, 0.3) is 5.91 Å². The number of carbonyl (C=O) groups is 1. The minimum absolute atomic E-state index is 0.0199. The van der Waals surface area contributed by atoms with Crippen molar-refractivity contribution < 1.29 is 26.7 Å². The highest BCUT2D eigenvalue weighted by atomic mass is 35.5. The summed E-state index contributed by atoms with van der Waals surface area (Å²) in [6, 6.07) is 0.669. The molecule has 0 heterocycles. The maximum atomic E-state index is 14.8. The van der Waals surface area contributed by atoms with Gasteiger partial charge in [-0.15, -0.1) is 0 Å². The predicted molar refractivity (Wildman–Crippen MR) is 111 cm³/mol. The lowest BCUT2D eigenvalue weighted by Crippen LogP contribution is -2.48. The van der Waals surface area contributed by atoms with Crippen molar-refractivity contribution in [3.63, 3.8) is 0 Å². The molecule has 5 fully saturated rings. The summed E-state index contributed by atoms with van der Waals surface area (Å²) in [4.78, 5) is 12.3. The molecule has 6 rings (SSSR count). The Morgan fingerprint density at radius 3 is 2.23 bits per heavy atom. The zero-order valence-electron chi connectivity index (χ0n) is 17.1. The van der Waals surface area contributed by atoms with E-state index in [1.807, 2.05) is 4.72 Å². The topological polar surface area (TPSA) is 72.5 Å². The van der Waals surface area contributed by atoms with E-state index in [2.05, 4.69) is 0 Å². The molecule has 5 aliphatic carbocycles. The smallest absolute Gasteiger partial charge is 0.267 e. The SMILES string of the molecule is O=C(NS(=O)(=O)C1CCC1)c1cc(F)c(OCC23CC4CC(CC(C4)C2)C3)c(Cl)c1F. The first-order valence-electron chi connectivity index (χ1n) is 11.0. The molecule has 0 unspecified atom stereocenters. The molecule has 5 nitrogen and oxygen atoms in total. The quantitative estimate of drug-likeness (QED) is 0.601. The maximum absolute atomic E-state index is 14.8. The van der Waals surface area contributed by atoms with Gasteiger partial charge in [0.15, 0.2) is 17.4 Å². The number of nitrogens with one attached hydrogen (secondary N) is 1. The summed E-state index contributed by atoms with van der Waals surface area (Å²) in [5, 5.41) is -1.31. The van der Waals surface area contributed by atoms with Gasteiger partial charge < -0.3 is 4.74 Å². The van der Waals surface area contributed by atoms with Crippen molar-refractivity contribution in [2.75, 3.05) is 6.61 Å². The molecule has 4 bridgehead atoms. The monoisotopic (exact) mass is 473 g/mol. The molecule has 0 atom stereocenters. The summed E-state index contributed by atoms with van der Waals surface area (Å²) in [6.45, 7) is 0.272. The Morgan fingerprint density at radius 2 is 1.71 bits per heavy atom. The third-order valence-electron chi connectivity index (χ3n) is 7.77. The van der Waals surface area contributed by atoms with E-state index in [0.29, 0.717) is 36.7 Å². The van der Waals surface area contributed by atoms with Crippen molar-refractivity contribution in [3.8, 4) is 5.75 Å². The number of carbonyl (C=O) groups excluding carboxylic acids is 1. The number of amides is 1. The van der Waals surface area contributed by atoms with Crippen LogP contribution < -0.4 is 9.46 Å². The molecule has 0 aliphatic heterocycles. The van der Waals surface area contributed by atoms with E-state index in [1.165, 1.54) is 19.3 Å². The molecule has 0 aromatic heterocycles. The number of rotatable bonds is 6. The summed E-state index contributed by atoms with van der Waals surface area (Å²) in [7, 11) is -3.92. The van der Waals surface area contributed by atoms with Crippen molar-refractivity contribution in [2.45, 2.75) is 63.0 Å². The number of hydrogen-bond donors (Lipinski definition) is 1. The number of hydrogen-bond acceptors (Lipinski definition) is 4. The van der Waals surface area contributed by atoms with Gasteiger partial charge in [0.05, 0.1) is 17.4 Å². The number of halogens is 3. The van der Waals surface area contributed by atoms with Crippen molar-refractivity contribution in [3.05, 3.63) is 28.3 Å². The van der Waals surface area contributed by atoms with Crippen LogP contribution in [0.15, 0.2) is 6.07 Å². The van der Waals surface area contributed by atoms with Crippen LogP contribution in [0, 0.1) is 34.8 Å². The lowest BCUT2D eigenvalue weighted by molar-refractivity contribution is -0.0750. The fourth-order valence-corrected chi connectivity index (χ4v) is 8.25. The van der Waals surface area contributed by atoms with Crippen molar-refractivity contribution in [1.29, 1.82) is 0 Å². The first kappa shape index (κ1) is 21.4. The molecule has 9 heteroatoms. The van der Waals surface area contributed by atoms with Crippen LogP contribution >= 0.6 is 11.6 Å². The molecule has 1 aromatic carbocycles. The largest absolute Gasteiger partial charge is 0.488 e. The normalized spacial score (nSPS) is 32.0. The Hall–Kier alpha value is -1.41. The highest BCUT2D eigenvalue weighted by Crippen LogP contribution is 2.60. The Balaban J connectivity index is 1.33. The summed E-state index contributed by atoms with van der Waals surface area (Å²) < 4.78 is 61.5. The second-order valence-electron chi connectivity index (χ2n) is 10.1. The first-order chi connectivity index (χ1) is 14.7. The second kappa shape index (κ2) is 7.58. The van der Waals surface area contributed by atoms with Crippen molar-refractivity contribution in [2.24, 2.45) is 23.2 Å².